The van der Waals surface area contributed by atoms with Crippen LogP contribution in [0.2, 0.25) is 0 Å². The van der Waals surface area contributed by atoms with Gasteiger partial charge in [0.05, 0.1) is 12.4 Å². The van der Waals surface area contributed by atoms with E-state index in [4.69, 9.17) is 9.15 Å². The second-order valence-corrected chi connectivity index (χ2v) is 6.11. The molecule has 0 unspecified atom stereocenters. The van der Waals surface area contributed by atoms with Gasteiger partial charge in [-0.2, -0.15) is 0 Å². The van der Waals surface area contributed by atoms with Gasteiger partial charge in [-0.25, -0.2) is 0 Å². The molecule has 0 radical (unpaired) electrons. The van der Waals surface area contributed by atoms with Crippen LogP contribution in [0, 0.1) is 5.41 Å². The zero-order valence-electron chi connectivity index (χ0n) is 12.2. The standard InChI is InChI=1S/C16H25NO3/c1-2-19-15-10-14(16(15)7-3-4-8-16)17-11-12(18)13-6-5-9-20-13/h5-6,9,12,14-15,17-18H,2-4,7-8,10-11H2,1H3/t12-,14-,15-/m1/s1. The van der Waals surface area contributed by atoms with E-state index in [2.05, 4.69) is 12.2 Å². The van der Waals surface area contributed by atoms with Gasteiger partial charge in [-0.15, -0.1) is 0 Å². The van der Waals surface area contributed by atoms with Crippen molar-refractivity contribution >= 4 is 0 Å². The highest BCUT2D eigenvalue weighted by atomic mass is 16.5. The minimum Gasteiger partial charge on any atom is -0.467 e. The van der Waals surface area contributed by atoms with Crippen LogP contribution in [0.5, 0.6) is 0 Å². The van der Waals surface area contributed by atoms with Crippen molar-refractivity contribution in [3.05, 3.63) is 24.2 Å². The number of aliphatic hydroxyl groups excluding tert-OH is 1. The largest absolute Gasteiger partial charge is 0.467 e. The molecule has 20 heavy (non-hydrogen) atoms. The van der Waals surface area contributed by atoms with Crippen molar-refractivity contribution < 1.29 is 14.3 Å². The van der Waals surface area contributed by atoms with Crippen LogP contribution in [0.1, 0.15) is 50.9 Å². The number of aliphatic hydroxyl groups is 1. The van der Waals surface area contributed by atoms with Gasteiger partial charge >= 0.3 is 0 Å². The highest BCUT2D eigenvalue weighted by Gasteiger charge is 2.56. The first-order valence-electron chi connectivity index (χ1n) is 7.82. The molecule has 0 aliphatic heterocycles. The molecule has 0 bridgehead atoms. The van der Waals surface area contributed by atoms with E-state index in [0.717, 1.165) is 13.0 Å². The molecule has 3 atom stereocenters. The van der Waals surface area contributed by atoms with Gasteiger partial charge in [-0.05, 0) is 38.3 Å². The van der Waals surface area contributed by atoms with Crippen molar-refractivity contribution in [1.82, 2.24) is 5.32 Å². The molecule has 2 aliphatic carbocycles. The van der Waals surface area contributed by atoms with Crippen molar-refractivity contribution in [1.29, 1.82) is 0 Å². The van der Waals surface area contributed by atoms with Crippen LogP contribution >= 0.6 is 0 Å². The second kappa shape index (κ2) is 5.88. The maximum absolute atomic E-state index is 10.1. The number of nitrogens with one attached hydrogen (secondary N) is 1. The highest BCUT2D eigenvalue weighted by Crippen LogP contribution is 2.54. The minimum absolute atomic E-state index is 0.318. The summed E-state index contributed by atoms with van der Waals surface area (Å²) in [7, 11) is 0. The number of furan rings is 1. The number of hydrogen-bond acceptors (Lipinski definition) is 4. The molecule has 2 saturated carbocycles. The van der Waals surface area contributed by atoms with E-state index in [1.165, 1.54) is 25.7 Å². The van der Waals surface area contributed by atoms with Gasteiger partial charge in [0.1, 0.15) is 11.9 Å². The zero-order chi connectivity index (χ0) is 14.0. The molecule has 1 heterocycles. The third-order valence-electron chi connectivity index (χ3n) is 5.12. The van der Waals surface area contributed by atoms with E-state index < -0.39 is 6.10 Å². The Bertz CT molecular complexity index is 411. The van der Waals surface area contributed by atoms with Gasteiger partial charge < -0.3 is 19.6 Å². The molecule has 2 N–H and O–H groups in total. The van der Waals surface area contributed by atoms with Crippen LogP contribution in [-0.4, -0.2) is 30.4 Å². The van der Waals surface area contributed by atoms with Crippen molar-refractivity contribution in [2.75, 3.05) is 13.2 Å². The van der Waals surface area contributed by atoms with Crippen molar-refractivity contribution in [2.24, 2.45) is 5.41 Å². The molecule has 1 aromatic heterocycles. The molecule has 1 aromatic rings. The van der Waals surface area contributed by atoms with E-state index in [1.54, 1.807) is 6.26 Å². The van der Waals surface area contributed by atoms with Crippen LogP contribution in [-0.2, 0) is 4.74 Å². The lowest BCUT2D eigenvalue weighted by Gasteiger charge is -2.54. The van der Waals surface area contributed by atoms with Crippen molar-refractivity contribution in [2.45, 2.75) is 57.3 Å². The van der Waals surface area contributed by atoms with Crippen LogP contribution in [0.15, 0.2) is 22.8 Å². The highest BCUT2D eigenvalue weighted by molar-refractivity contribution is 5.11. The first kappa shape index (κ1) is 14.1. The average Bonchev–Trinajstić information content (AvgIpc) is 3.13. The Morgan fingerprint density at radius 1 is 1.50 bits per heavy atom. The predicted octanol–water partition coefficient (Wildman–Crippen LogP) is 2.64. The molecule has 3 rings (SSSR count). The van der Waals surface area contributed by atoms with Crippen LogP contribution < -0.4 is 5.32 Å². The van der Waals surface area contributed by atoms with E-state index >= 15 is 0 Å². The number of hydrogen-bond donors (Lipinski definition) is 2. The smallest absolute Gasteiger partial charge is 0.133 e. The summed E-state index contributed by atoms with van der Waals surface area (Å²) in [5.41, 5.74) is 0.318. The maximum Gasteiger partial charge on any atom is 0.133 e. The Hall–Kier alpha value is -0.840. The molecule has 0 aromatic carbocycles. The Morgan fingerprint density at radius 2 is 2.30 bits per heavy atom. The van der Waals surface area contributed by atoms with Gasteiger partial charge in [-0.3, -0.25) is 0 Å². The molecule has 4 nitrogen and oxygen atoms in total. The third-order valence-corrected chi connectivity index (χ3v) is 5.12. The predicted molar refractivity (Wildman–Crippen MR) is 76.4 cm³/mol. The fourth-order valence-corrected chi connectivity index (χ4v) is 4.01. The SMILES string of the molecule is CCO[C@@H]1C[C@@H](NC[C@@H](O)c2ccco2)C12CCCC2. The first-order chi connectivity index (χ1) is 9.76. The van der Waals surface area contributed by atoms with E-state index in [1.807, 2.05) is 12.1 Å². The summed E-state index contributed by atoms with van der Waals surface area (Å²) in [5, 5.41) is 13.6. The van der Waals surface area contributed by atoms with Crippen molar-refractivity contribution in [3.8, 4) is 0 Å². The lowest BCUT2D eigenvalue weighted by atomic mass is 9.60. The summed E-state index contributed by atoms with van der Waals surface area (Å²) >= 11 is 0. The molecular formula is C16H25NO3. The average molecular weight is 279 g/mol. The molecule has 112 valence electrons. The lowest BCUT2D eigenvalue weighted by Crippen LogP contribution is -2.63. The molecule has 2 fully saturated rings. The monoisotopic (exact) mass is 279 g/mol. The molecular weight excluding hydrogens is 254 g/mol. The molecule has 1 spiro atoms. The molecule has 0 saturated heterocycles. The molecule has 2 aliphatic rings. The van der Waals surface area contributed by atoms with Crippen LogP contribution in [0.4, 0.5) is 0 Å². The fourth-order valence-electron chi connectivity index (χ4n) is 4.01. The van der Waals surface area contributed by atoms with Gasteiger partial charge in [0.2, 0.25) is 0 Å². The Kier molecular flexibility index (Phi) is 4.15. The van der Waals surface area contributed by atoms with Crippen LogP contribution in [0.3, 0.4) is 0 Å². The summed E-state index contributed by atoms with van der Waals surface area (Å²) in [6, 6.07) is 4.11. The van der Waals surface area contributed by atoms with E-state index in [-0.39, 0.29) is 0 Å². The Labute approximate surface area is 120 Å². The van der Waals surface area contributed by atoms with Gasteiger partial charge in [-0.1, -0.05) is 12.8 Å². The summed E-state index contributed by atoms with van der Waals surface area (Å²) in [6.45, 7) is 3.43. The van der Waals surface area contributed by atoms with Crippen molar-refractivity contribution in [3.63, 3.8) is 0 Å². The topological polar surface area (TPSA) is 54.6 Å². The summed E-state index contributed by atoms with van der Waals surface area (Å²) < 4.78 is 11.1. The maximum atomic E-state index is 10.1. The first-order valence-corrected chi connectivity index (χ1v) is 7.82. The third kappa shape index (κ3) is 2.41. The number of rotatable bonds is 6. The van der Waals surface area contributed by atoms with Gasteiger partial charge in [0, 0.05) is 24.6 Å². The van der Waals surface area contributed by atoms with E-state index in [9.17, 15) is 5.11 Å². The second-order valence-electron chi connectivity index (χ2n) is 6.11. The normalized spacial score (nSPS) is 29.5. The summed E-state index contributed by atoms with van der Waals surface area (Å²) in [4.78, 5) is 0. The molecule has 4 heteroatoms. The summed E-state index contributed by atoms with van der Waals surface area (Å²) in [5.74, 6) is 0.638. The Balaban J connectivity index is 1.55. The minimum atomic E-state index is -0.561. The van der Waals surface area contributed by atoms with Gasteiger partial charge in [0.25, 0.3) is 0 Å². The number of ether oxygens (including phenoxy) is 1. The van der Waals surface area contributed by atoms with E-state index in [0.29, 0.717) is 29.9 Å². The Morgan fingerprint density at radius 3 is 2.95 bits per heavy atom. The summed E-state index contributed by atoms with van der Waals surface area (Å²) in [6.07, 6.45) is 7.65. The quantitative estimate of drug-likeness (QED) is 0.840. The fraction of sp³-hybridized carbons (Fsp3) is 0.750. The van der Waals surface area contributed by atoms with Crippen LogP contribution in [0.25, 0.3) is 0 Å². The lowest BCUT2D eigenvalue weighted by molar-refractivity contribution is -0.131. The van der Waals surface area contributed by atoms with Gasteiger partial charge in [0.15, 0.2) is 0 Å². The molecule has 0 amide bonds. The zero-order valence-corrected chi connectivity index (χ0v) is 12.2.